The number of furan rings is 1. The lowest BCUT2D eigenvalue weighted by atomic mass is 9.86. The molecule has 1 aromatic heterocycles. The molecule has 1 aromatic rings. The Labute approximate surface area is 139 Å². The summed E-state index contributed by atoms with van der Waals surface area (Å²) in [6, 6.07) is 2.47. The lowest BCUT2D eigenvalue weighted by Crippen LogP contribution is -2.41. The first-order valence-corrected chi connectivity index (χ1v) is 6.63. The molecule has 6 heteroatoms. The van der Waals surface area contributed by atoms with Crippen molar-refractivity contribution < 1.29 is 31.2 Å². The fourth-order valence-electron chi connectivity index (χ4n) is 1.94. The molecule has 21 heavy (non-hydrogen) atoms. The molecule has 5 nitrogen and oxygen atoms in total. The molecule has 2 fully saturated rings. The molecule has 0 spiro atoms. The molecule has 0 aromatic carbocycles. The Hall–Kier alpha value is -0.975. The molecular formula is C15H24BNO4. The summed E-state index contributed by atoms with van der Waals surface area (Å²) in [6.45, 7) is 0.495. The lowest BCUT2D eigenvalue weighted by Gasteiger charge is -2.32. The SMILES string of the molecule is [2H]C1([2H])N(c2ccc(B3OC(C)(C)C(C)(C)O3)o2)C([2H])([2H])C([2H])([2H])C([2H])(O)C1([2H])[2H]. The van der Waals surface area contributed by atoms with Crippen LogP contribution in [0.25, 0.3) is 0 Å². The van der Waals surface area contributed by atoms with Crippen molar-refractivity contribution >= 4 is 18.7 Å². The van der Waals surface area contributed by atoms with Crippen molar-refractivity contribution in [2.24, 2.45) is 0 Å². The standard InChI is InChI=1S/C15H24BNO4/c1-14(2)15(3,4)21-16(20-14)12-5-6-13(19-12)17-9-7-11(18)8-10-17/h5-6,11,18H,7-10H2,1-4H3/i7D2,8D2,9D2,10D2,11D. The fourth-order valence-corrected chi connectivity index (χ4v) is 1.94. The van der Waals surface area contributed by atoms with E-state index in [0.29, 0.717) is 0 Å². The van der Waals surface area contributed by atoms with Gasteiger partial charge in [0.1, 0.15) is 5.66 Å². The third kappa shape index (κ3) is 2.72. The van der Waals surface area contributed by atoms with Crippen LogP contribution >= 0.6 is 0 Å². The summed E-state index contributed by atoms with van der Waals surface area (Å²) in [7, 11) is -1.01. The minimum absolute atomic E-state index is 0.0445. The van der Waals surface area contributed by atoms with Crippen LogP contribution in [-0.4, -0.2) is 42.5 Å². The highest BCUT2D eigenvalue weighted by Gasteiger charge is 2.53. The summed E-state index contributed by atoms with van der Waals surface area (Å²) in [5, 5.41) is 10.2. The van der Waals surface area contributed by atoms with Gasteiger partial charge in [-0.25, -0.2) is 0 Å². The summed E-state index contributed by atoms with van der Waals surface area (Å²) >= 11 is 0. The van der Waals surface area contributed by atoms with E-state index < -0.39 is 56.0 Å². The quantitative estimate of drug-likeness (QED) is 0.840. The molecule has 0 radical (unpaired) electrons. The summed E-state index contributed by atoms with van der Waals surface area (Å²) in [6.07, 6.45) is -10.8. The number of nitrogens with zero attached hydrogens (tertiary/aromatic N) is 1. The number of aliphatic hydroxyl groups is 1. The number of piperidine rings is 1. The summed E-state index contributed by atoms with van der Waals surface area (Å²) in [5.41, 5.74) is -1.38. The van der Waals surface area contributed by atoms with Gasteiger partial charge in [-0.15, -0.1) is 0 Å². The minimum Gasteiger partial charge on any atom is -0.449 e. The first-order chi connectivity index (χ1) is 13.2. The zero-order valence-corrected chi connectivity index (χ0v) is 12.4. The van der Waals surface area contributed by atoms with Crippen LogP contribution < -0.4 is 10.6 Å². The van der Waals surface area contributed by atoms with E-state index in [-0.39, 0.29) is 10.6 Å². The number of hydrogen-bond donors (Lipinski definition) is 1. The molecule has 1 N–H and O–H groups in total. The molecule has 0 saturated carbocycles. The predicted molar refractivity (Wildman–Crippen MR) is 81.9 cm³/mol. The Morgan fingerprint density at radius 1 is 1.24 bits per heavy atom. The molecule has 0 atom stereocenters. The van der Waals surface area contributed by atoms with Crippen LogP contribution in [0.15, 0.2) is 16.5 Å². The van der Waals surface area contributed by atoms with Crippen LogP contribution in [0.5, 0.6) is 0 Å². The van der Waals surface area contributed by atoms with Gasteiger partial charge in [0.15, 0.2) is 5.88 Å². The topological polar surface area (TPSA) is 55.1 Å². The molecule has 0 unspecified atom stereocenters. The van der Waals surface area contributed by atoms with E-state index in [1.165, 1.54) is 6.07 Å². The second kappa shape index (κ2) is 5.04. The van der Waals surface area contributed by atoms with Crippen LogP contribution in [0.4, 0.5) is 5.88 Å². The molecule has 0 amide bonds. The van der Waals surface area contributed by atoms with Crippen LogP contribution in [0.1, 0.15) is 52.8 Å². The minimum atomic E-state index is -3.73. The maximum absolute atomic E-state index is 10.2. The normalized spacial score (nSPS) is 43.0. The average Bonchev–Trinajstić information content (AvgIpc) is 3.08. The van der Waals surface area contributed by atoms with Gasteiger partial charge in [0.05, 0.1) is 18.7 Å². The van der Waals surface area contributed by atoms with E-state index in [2.05, 4.69) is 0 Å². The third-order valence-corrected chi connectivity index (χ3v) is 3.89. The molecule has 2 saturated heterocycles. The molecule has 2 aliphatic heterocycles. The Morgan fingerprint density at radius 2 is 1.81 bits per heavy atom. The smallest absolute Gasteiger partial charge is 0.449 e. The van der Waals surface area contributed by atoms with Gasteiger partial charge in [-0.2, -0.15) is 0 Å². The second-order valence-corrected chi connectivity index (χ2v) is 5.92. The second-order valence-electron chi connectivity index (χ2n) is 5.92. The van der Waals surface area contributed by atoms with Crippen molar-refractivity contribution in [2.75, 3.05) is 17.9 Å². The van der Waals surface area contributed by atoms with Crippen LogP contribution in [0.3, 0.4) is 0 Å². The van der Waals surface area contributed by atoms with Gasteiger partial charge in [0, 0.05) is 30.0 Å². The Kier molecular flexibility index (Phi) is 1.81. The van der Waals surface area contributed by atoms with Crippen molar-refractivity contribution in [1.29, 1.82) is 0 Å². The Morgan fingerprint density at radius 3 is 2.38 bits per heavy atom. The van der Waals surface area contributed by atoms with Gasteiger partial charge in [-0.3, -0.25) is 0 Å². The Balaban J connectivity index is 2.08. The molecule has 3 rings (SSSR count). The average molecular weight is 302 g/mol. The van der Waals surface area contributed by atoms with E-state index in [9.17, 15) is 5.11 Å². The van der Waals surface area contributed by atoms with Crippen molar-refractivity contribution in [2.45, 2.75) is 57.7 Å². The van der Waals surface area contributed by atoms with E-state index in [1.54, 1.807) is 27.7 Å². The number of hydrogen-bond acceptors (Lipinski definition) is 5. The Bertz CT molecular complexity index is 809. The zero-order valence-electron chi connectivity index (χ0n) is 21.4. The third-order valence-electron chi connectivity index (χ3n) is 3.89. The van der Waals surface area contributed by atoms with Crippen LogP contribution in [0.2, 0.25) is 0 Å². The van der Waals surface area contributed by atoms with Crippen LogP contribution in [-0.2, 0) is 9.31 Å². The summed E-state index contributed by atoms with van der Waals surface area (Å²) in [5.74, 6) is -0.544. The van der Waals surface area contributed by atoms with Gasteiger partial charge in [-0.05, 0) is 46.5 Å². The van der Waals surface area contributed by atoms with Gasteiger partial charge in [-0.1, -0.05) is 0 Å². The predicted octanol–water partition coefficient (Wildman–Crippen LogP) is 1.54. The monoisotopic (exact) mass is 302 g/mol. The van der Waals surface area contributed by atoms with Gasteiger partial charge >= 0.3 is 7.12 Å². The van der Waals surface area contributed by atoms with Gasteiger partial charge < -0.3 is 23.7 Å². The highest BCUT2D eigenvalue weighted by molar-refractivity contribution is 6.60. The van der Waals surface area contributed by atoms with E-state index in [0.717, 1.165) is 6.07 Å². The summed E-state index contributed by atoms with van der Waals surface area (Å²) < 4.78 is 89.4. The number of anilines is 1. The van der Waals surface area contributed by atoms with Crippen LogP contribution in [0, 0.1) is 0 Å². The van der Waals surface area contributed by atoms with Crippen molar-refractivity contribution in [1.82, 2.24) is 0 Å². The van der Waals surface area contributed by atoms with Crippen molar-refractivity contribution in [3.63, 3.8) is 0 Å². The van der Waals surface area contributed by atoms with E-state index >= 15 is 0 Å². The van der Waals surface area contributed by atoms with Crippen molar-refractivity contribution in [3.05, 3.63) is 12.1 Å². The zero-order chi connectivity index (χ0) is 23.3. The van der Waals surface area contributed by atoms with E-state index in [1.807, 2.05) is 0 Å². The van der Waals surface area contributed by atoms with Crippen molar-refractivity contribution in [3.8, 4) is 0 Å². The van der Waals surface area contributed by atoms with Gasteiger partial charge in [0.25, 0.3) is 0 Å². The molecule has 3 heterocycles. The highest BCUT2D eigenvalue weighted by atomic mass is 16.7. The maximum Gasteiger partial charge on any atom is 0.532 e. The molecule has 0 aliphatic carbocycles. The van der Waals surface area contributed by atoms with Gasteiger partial charge in [0.2, 0.25) is 0 Å². The molecule has 116 valence electrons. The summed E-state index contributed by atoms with van der Waals surface area (Å²) in [4.78, 5) is 0.137. The highest BCUT2D eigenvalue weighted by Crippen LogP contribution is 2.36. The van der Waals surface area contributed by atoms with E-state index in [4.69, 9.17) is 26.1 Å². The largest absolute Gasteiger partial charge is 0.532 e. The molecular weight excluding hydrogens is 269 g/mol. The fraction of sp³-hybridized carbons (Fsp3) is 0.733. The maximum atomic E-state index is 10.2. The first kappa shape index (κ1) is 7.53. The first-order valence-electron chi connectivity index (χ1n) is 11.1. The lowest BCUT2D eigenvalue weighted by molar-refractivity contribution is 0.00578. The molecule has 0 bridgehead atoms. The molecule has 2 aliphatic rings. The number of rotatable bonds is 2.